The van der Waals surface area contributed by atoms with Gasteiger partial charge in [0.2, 0.25) is 10.0 Å². The Morgan fingerprint density at radius 1 is 1.35 bits per heavy atom. The lowest BCUT2D eigenvalue weighted by Crippen LogP contribution is -2.32. The van der Waals surface area contributed by atoms with E-state index < -0.39 is 23.1 Å². The number of aromatic nitrogens is 1. The Hall–Kier alpha value is -2.16. The predicted molar refractivity (Wildman–Crippen MR) is 58.6 cm³/mol. The molecule has 0 aromatic carbocycles. The topological polar surface area (TPSA) is 124 Å². The minimum atomic E-state index is -3.96. The van der Waals surface area contributed by atoms with Gasteiger partial charge in [-0.2, -0.15) is 14.8 Å². The van der Waals surface area contributed by atoms with Gasteiger partial charge in [-0.3, -0.25) is 0 Å². The molecular weight excluding hydrogens is 242 g/mol. The van der Waals surface area contributed by atoms with Crippen molar-refractivity contribution in [2.75, 3.05) is 18.8 Å². The van der Waals surface area contributed by atoms with Crippen LogP contribution in [0, 0.1) is 22.7 Å². The SMILES string of the molecule is N#CCN(CC#N)S(=O)(=O)c1cccnc1N. The van der Waals surface area contributed by atoms with Gasteiger partial charge >= 0.3 is 0 Å². The first-order chi connectivity index (χ1) is 8.04. The van der Waals surface area contributed by atoms with Gasteiger partial charge in [-0.05, 0) is 12.1 Å². The lowest BCUT2D eigenvalue weighted by atomic mass is 10.5. The largest absolute Gasteiger partial charge is 0.383 e. The van der Waals surface area contributed by atoms with Gasteiger partial charge in [0.25, 0.3) is 0 Å². The average molecular weight is 251 g/mol. The second-order valence-corrected chi connectivity index (χ2v) is 4.88. The normalized spacial score (nSPS) is 10.8. The molecule has 0 aliphatic rings. The Morgan fingerprint density at radius 3 is 2.41 bits per heavy atom. The summed E-state index contributed by atoms with van der Waals surface area (Å²) >= 11 is 0. The molecule has 0 aliphatic heterocycles. The lowest BCUT2D eigenvalue weighted by Gasteiger charge is -2.16. The Kier molecular flexibility index (Phi) is 3.99. The Labute approximate surface area is 98.8 Å². The number of hydrogen-bond acceptors (Lipinski definition) is 6. The summed E-state index contributed by atoms with van der Waals surface area (Å²) in [6.45, 7) is -0.825. The number of nitrogens with two attached hydrogens (primary N) is 1. The predicted octanol–water partition coefficient (Wildman–Crippen LogP) is -0.298. The minimum Gasteiger partial charge on any atom is -0.383 e. The number of pyridine rings is 1. The molecule has 0 aliphatic carbocycles. The van der Waals surface area contributed by atoms with Crippen LogP contribution in [0.1, 0.15) is 0 Å². The first-order valence-corrected chi connectivity index (χ1v) is 5.92. The van der Waals surface area contributed by atoms with Crippen LogP contribution in [0.2, 0.25) is 0 Å². The maximum Gasteiger partial charge on any atom is 0.248 e. The molecule has 0 amide bonds. The van der Waals surface area contributed by atoms with E-state index >= 15 is 0 Å². The fourth-order valence-electron chi connectivity index (χ4n) is 1.14. The highest BCUT2D eigenvalue weighted by molar-refractivity contribution is 7.89. The fraction of sp³-hybridized carbons (Fsp3) is 0.222. The van der Waals surface area contributed by atoms with E-state index in [0.29, 0.717) is 0 Å². The molecule has 1 rings (SSSR count). The number of nitriles is 2. The van der Waals surface area contributed by atoms with Crippen molar-refractivity contribution in [1.29, 1.82) is 10.5 Å². The van der Waals surface area contributed by atoms with E-state index in [2.05, 4.69) is 4.98 Å². The molecule has 2 N–H and O–H groups in total. The van der Waals surface area contributed by atoms with Crippen LogP contribution in [-0.4, -0.2) is 30.8 Å². The molecule has 17 heavy (non-hydrogen) atoms. The van der Waals surface area contributed by atoms with Crippen LogP contribution in [0.3, 0.4) is 0 Å². The smallest absolute Gasteiger partial charge is 0.248 e. The Morgan fingerprint density at radius 2 is 1.94 bits per heavy atom. The molecule has 8 heteroatoms. The quantitative estimate of drug-likeness (QED) is 0.732. The molecule has 0 saturated carbocycles. The number of anilines is 1. The number of hydrogen-bond donors (Lipinski definition) is 1. The molecule has 88 valence electrons. The van der Waals surface area contributed by atoms with Gasteiger partial charge in [0.1, 0.15) is 23.8 Å². The van der Waals surface area contributed by atoms with E-state index in [-0.39, 0.29) is 10.7 Å². The zero-order valence-corrected chi connectivity index (χ0v) is 9.55. The maximum atomic E-state index is 12.0. The summed E-state index contributed by atoms with van der Waals surface area (Å²) in [5.41, 5.74) is 5.45. The van der Waals surface area contributed by atoms with Crippen LogP contribution >= 0.6 is 0 Å². The molecular formula is C9H9N5O2S. The van der Waals surface area contributed by atoms with Crippen LogP contribution < -0.4 is 5.73 Å². The van der Waals surface area contributed by atoms with E-state index in [1.807, 2.05) is 0 Å². The summed E-state index contributed by atoms with van der Waals surface area (Å²) in [5.74, 6) is -0.159. The van der Waals surface area contributed by atoms with Crippen molar-refractivity contribution in [3.63, 3.8) is 0 Å². The van der Waals surface area contributed by atoms with Crippen molar-refractivity contribution in [2.45, 2.75) is 4.90 Å². The van der Waals surface area contributed by atoms with Crippen molar-refractivity contribution in [2.24, 2.45) is 0 Å². The Balaban J connectivity index is 3.23. The zero-order chi connectivity index (χ0) is 12.9. The highest BCUT2D eigenvalue weighted by atomic mass is 32.2. The lowest BCUT2D eigenvalue weighted by molar-refractivity contribution is 0.479. The summed E-state index contributed by atoms with van der Waals surface area (Å²) in [6.07, 6.45) is 1.35. The first-order valence-electron chi connectivity index (χ1n) is 4.48. The van der Waals surface area contributed by atoms with E-state index in [4.69, 9.17) is 16.3 Å². The molecule has 0 unspecified atom stereocenters. The van der Waals surface area contributed by atoms with Crippen molar-refractivity contribution < 1.29 is 8.42 Å². The molecule has 1 aromatic heterocycles. The van der Waals surface area contributed by atoms with Gasteiger partial charge < -0.3 is 5.73 Å². The third kappa shape index (κ3) is 2.69. The van der Waals surface area contributed by atoms with Crippen LogP contribution in [-0.2, 0) is 10.0 Å². The minimum absolute atomic E-state index is 0.159. The van der Waals surface area contributed by atoms with Gasteiger partial charge in [-0.1, -0.05) is 0 Å². The summed E-state index contributed by atoms with van der Waals surface area (Å²) in [7, 11) is -3.96. The molecule has 7 nitrogen and oxygen atoms in total. The Bertz CT molecular complexity index is 568. The summed E-state index contributed by atoms with van der Waals surface area (Å²) in [4.78, 5) is 3.45. The van der Waals surface area contributed by atoms with Gasteiger partial charge in [-0.25, -0.2) is 13.4 Å². The molecule has 1 aromatic rings. The van der Waals surface area contributed by atoms with Crippen molar-refractivity contribution >= 4 is 15.8 Å². The summed E-state index contributed by atoms with van der Waals surface area (Å²) in [6, 6.07) is 6.06. The van der Waals surface area contributed by atoms with E-state index in [1.54, 1.807) is 12.1 Å². The third-order valence-corrected chi connectivity index (χ3v) is 3.75. The molecule has 1 heterocycles. The van der Waals surface area contributed by atoms with Gasteiger partial charge in [-0.15, -0.1) is 0 Å². The monoisotopic (exact) mass is 251 g/mol. The first kappa shape index (κ1) is 12.9. The molecule has 0 saturated heterocycles. The van der Waals surface area contributed by atoms with Crippen LogP contribution in [0.25, 0.3) is 0 Å². The van der Waals surface area contributed by atoms with Crippen LogP contribution in [0.4, 0.5) is 5.82 Å². The molecule has 0 fully saturated rings. The number of nitrogen functional groups attached to an aromatic ring is 1. The van der Waals surface area contributed by atoms with Crippen LogP contribution in [0.5, 0.6) is 0 Å². The number of nitrogens with zero attached hydrogens (tertiary/aromatic N) is 4. The molecule has 0 spiro atoms. The molecule has 0 bridgehead atoms. The standard InChI is InChI=1S/C9H9N5O2S/c10-3-6-14(7-4-11)17(15,16)8-2-1-5-13-9(8)12/h1-2,5H,6-7H2,(H2,12,13). The average Bonchev–Trinajstić information content (AvgIpc) is 2.29. The third-order valence-electron chi connectivity index (χ3n) is 1.91. The highest BCUT2D eigenvalue weighted by Crippen LogP contribution is 2.19. The van der Waals surface area contributed by atoms with Crippen LogP contribution in [0.15, 0.2) is 23.2 Å². The highest BCUT2D eigenvalue weighted by Gasteiger charge is 2.26. The van der Waals surface area contributed by atoms with Gasteiger partial charge in [0.05, 0.1) is 12.1 Å². The summed E-state index contributed by atoms with van der Waals surface area (Å²) in [5, 5.41) is 17.1. The van der Waals surface area contributed by atoms with E-state index in [1.165, 1.54) is 18.3 Å². The van der Waals surface area contributed by atoms with E-state index in [9.17, 15) is 8.42 Å². The fourth-order valence-corrected chi connectivity index (χ4v) is 2.44. The van der Waals surface area contributed by atoms with Crippen molar-refractivity contribution in [3.8, 4) is 12.1 Å². The van der Waals surface area contributed by atoms with Crippen molar-refractivity contribution in [3.05, 3.63) is 18.3 Å². The second kappa shape index (κ2) is 5.25. The zero-order valence-electron chi connectivity index (χ0n) is 8.74. The van der Waals surface area contributed by atoms with Crippen molar-refractivity contribution in [1.82, 2.24) is 9.29 Å². The van der Waals surface area contributed by atoms with E-state index in [0.717, 1.165) is 4.31 Å². The molecule has 0 atom stereocenters. The summed E-state index contributed by atoms with van der Waals surface area (Å²) < 4.78 is 24.8. The maximum absolute atomic E-state index is 12.0. The number of rotatable bonds is 4. The molecule has 0 radical (unpaired) electrons. The van der Waals surface area contributed by atoms with Gasteiger partial charge in [0.15, 0.2) is 0 Å². The van der Waals surface area contributed by atoms with Gasteiger partial charge in [0, 0.05) is 6.20 Å². The second-order valence-electron chi connectivity index (χ2n) is 2.98. The number of sulfonamides is 1.